The van der Waals surface area contributed by atoms with Gasteiger partial charge in [-0.1, -0.05) is 24.3 Å². The first kappa shape index (κ1) is 27.6. The largest absolute Gasteiger partial charge is 0.493 e. The Bertz CT molecular complexity index is 1490. The molecule has 1 aromatic heterocycles. The summed E-state index contributed by atoms with van der Waals surface area (Å²) in [4.78, 5) is 54.7. The maximum absolute atomic E-state index is 13.7. The number of esters is 1. The number of hydrogen-bond donors (Lipinski definition) is 0. The van der Waals surface area contributed by atoms with E-state index in [0.29, 0.717) is 30.9 Å². The van der Waals surface area contributed by atoms with E-state index < -0.39 is 28.8 Å². The molecule has 1 aliphatic rings. The van der Waals surface area contributed by atoms with Crippen molar-refractivity contribution < 1.29 is 23.8 Å². The van der Waals surface area contributed by atoms with Crippen LogP contribution in [0.2, 0.25) is 0 Å². The molecule has 0 bridgehead atoms. The van der Waals surface area contributed by atoms with Crippen molar-refractivity contribution in [3.8, 4) is 17.2 Å². The van der Waals surface area contributed by atoms with Crippen molar-refractivity contribution in [2.45, 2.75) is 33.2 Å². The molecule has 1 amide bonds. The van der Waals surface area contributed by atoms with Gasteiger partial charge in [-0.15, -0.1) is 0 Å². The van der Waals surface area contributed by atoms with Crippen LogP contribution < -0.4 is 20.7 Å². The summed E-state index contributed by atoms with van der Waals surface area (Å²) in [5, 5.41) is 4.25. The standard InChI is InChI=1S/C28H32N4O7/c1-5-39-27(35)20-11-8-14-30(16-20)25(33)24-26(34)31(17-19-10-7-6-9-18(19)2)28(36)32(29-24)21-12-13-22(37-3)23(15-21)38-4/h6-7,9-10,12-13,15,20H,5,8,11,14,16-17H2,1-4H3/t20-/m1/s1. The van der Waals surface area contributed by atoms with E-state index in [4.69, 9.17) is 14.2 Å². The predicted molar refractivity (Wildman–Crippen MR) is 143 cm³/mol. The summed E-state index contributed by atoms with van der Waals surface area (Å²) < 4.78 is 17.8. The normalized spacial score (nSPS) is 15.1. The molecule has 1 fully saturated rings. The maximum Gasteiger partial charge on any atom is 0.352 e. The molecule has 0 spiro atoms. The Morgan fingerprint density at radius 1 is 1.05 bits per heavy atom. The lowest BCUT2D eigenvalue weighted by atomic mass is 9.98. The van der Waals surface area contributed by atoms with Gasteiger partial charge in [0, 0.05) is 19.2 Å². The van der Waals surface area contributed by atoms with E-state index in [-0.39, 0.29) is 31.4 Å². The van der Waals surface area contributed by atoms with Gasteiger partial charge < -0.3 is 19.1 Å². The average molecular weight is 537 g/mol. The van der Waals surface area contributed by atoms with E-state index in [9.17, 15) is 19.2 Å². The van der Waals surface area contributed by atoms with E-state index in [2.05, 4.69) is 5.10 Å². The summed E-state index contributed by atoms with van der Waals surface area (Å²) in [6.07, 6.45) is 1.15. The van der Waals surface area contributed by atoms with Gasteiger partial charge in [0.25, 0.3) is 11.5 Å². The van der Waals surface area contributed by atoms with Gasteiger partial charge in [0.15, 0.2) is 11.5 Å². The van der Waals surface area contributed by atoms with E-state index in [1.165, 1.54) is 19.1 Å². The molecule has 0 saturated carbocycles. The van der Waals surface area contributed by atoms with E-state index >= 15 is 0 Å². The molecule has 39 heavy (non-hydrogen) atoms. The van der Waals surface area contributed by atoms with Crippen molar-refractivity contribution in [3.63, 3.8) is 0 Å². The van der Waals surface area contributed by atoms with Crippen LogP contribution in [-0.4, -0.2) is 65.0 Å². The van der Waals surface area contributed by atoms with Crippen molar-refractivity contribution in [2.75, 3.05) is 33.9 Å². The lowest BCUT2D eigenvalue weighted by molar-refractivity contribution is -0.149. The van der Waals surface area contributed by atoms with Crippen LogP contribution >= 0.6 is 0 Å². The van der Waals surface area contributed by atoms with Crippen LogP contribution in [0.1, 0.15) is 41.4 Å². The number of carbonyl (C=O) groups excluding carboxylic acids is 2. The van der Waals surface area contributed by atoms with Gasteiger partial charge in [-0.25, -0.2) is 4.79 Å². The summed E-state index contributed by atoms with van der Waals surface area (Å²) in [7, 11) is 2.95. The number of carbonyl (C=O) groups is 2. The third-order valence-electron chi connectivity index (χ3n) is 6.79. The minimum Gasteiger partial charge on any atom is -0.493 e. The van der Waals surface area contributed by atoms with Crippen molar-refractivity contribution >= 4 is 11.9 Å². The van der Waals surface area contributed by atoms with Crippen molar-refractivity contribution in [1.29, 1.82) is 0 Å². The number of hydrogen-bond acceptors (Lipinski definition) is 8. The minimum atomic E-state index is -0.803. The van der Waals surface area contributed by atoms with E-state index in [1.54, 1.807) is 25.1 Å². The molecular formula is C28H32N4O7. The Balaban J connectivity index is 1.84. The fraction of sp³-hybridized carbons (Fsp3) is 0.393. The van der Waals surface area contributed by atoms with Crippen molar-refractivity contribution in [2.24, 2.45) is 5.92 Å². The zero-order valence-corrected chi connectivity index (χ0v) is 22.5. The summed E-state index contributed by atoms with van der Waals surface area (Å²) >= 11 is 0. The summed E-state index contributed by atoms with van der Waals surface area (Å²) in [6, 6.07) is 12.1. The van der Waals surface area contributed by atoms with Crippen LogP contribution in [0.15, 0.2) is 52.1 Å². The molecule has 3 aromatic rings. The molecule has 2 heterocycles. The first-order valence-corrected chi connectivity index (χ1v) is 12.8. The molecule has 0 unspecified atom stereocenters. The van der Waals surface area contributed by atoms with Crippen LogP contribution in [-0.2, 0) is 16.1 Å². The molecule has 11 nitrogen and oxygen atoms in total. The molecule has 0 N–H and O–H groups in total. The molecule has 2 aromatic carbocycles. The van der Waals surface area contributed by atoms with E-state index in [0.717, 1.165) is 20.4 Å². The highest BCUT2D eigenvalue weighted by molar-refractivity contribution is 5.92. The van der Waals surface area contributed by atoms with Crippen molar-refractivity contribution in [3.05, 3.63) is 80.1 Å². The Labute approximate surface area is 225 Å². The molecule has 0 aliphatic carbocycles. The van der Waals surface area contributed by atoms with Crippen LogP contribution in [0.3, 0.4) is 0 Å². The van der Waals surface area contributed by atoms with Crippen LogP contribution in [0.25, 0.3) is 5.69 Å². The smallest absolute Gasteiger partial charge is 0.352 e. The van der Waals surface area contributed by atoms with Gasteiger partial charge in [-0.2, -0.15) is 9.78 Å². The number of likely N-dealkylation sites (tertiary alicyclic amines) is 1. The minimum absolute atomic E-state index is 0.0497. The molecule has 11 heteroatoms. The Morgan fingerprint density at radius 3 is 2.49 bits per heavy atom. The van der Waals surface area contributed by atoms with Gasteiger partial charge in [0.2, 0.25) is 5.69 Å². The second-order valence-electron chi connectivity index (χ2n) is 9.24. The van der Waals surface area contributed by atoms with Crippen LogP contribution in [0.4, 0.5) is 0 Å². The number of aromatic nitrogens is 3. The zero-order chi connectivity index (χ0) is 28.1. The number of amides is 1. The third-order valence-corrected chi connectivity index (χ3v) is 6.79. The second-order valence-corrected chi connectivity index (χ2v) is 9.24. The van der Waals surface area contributed by atoms with Crippen molar-refractivity contribution in [1.82, 2.24) is 19.2 Å². The highest BCUT2D eigenvalue weighted by Gasteiger charge is 2.32. The zero-order valence-electron chi connectivity index (χ0n) is 22.5. The molecular weight excluding hydrogens is 504 g/mol. The highest BCUT2D eigenvalue weighted by Crippen LogP contribution is 2.28. The number of piperidine rings is 1. The Kier molecular flexibility index (Phi) is 8.48. The quantitative estimate of drug-likeness (QED) is 0.402. The van der Waals surface area contributed by atoms with Gasteiger partial charge in [-0.05, 0) is 49.9 Å². The SMILES string of the molecule is CCOC(=O)[C@@H]1CCCN(C(=O)c2nn(-c3ccc(OC)c(OC)c3)c(=O)n(Cc3ccccc3C)c2=O)C1. The first-order valence-electron chi connectivity index (χ1n) is 12.8. The number of aryl methyl sites for hydroxylation is 1. The molecule has 1 saturated heterocycles. The summed E-state index contributed by atoms with van der Waals surface area (Å²) in [5.74, 6) is -0.732. The highest BCUT2D eigenvalue weighted by atomic mass is 16.5. The van der Waals surface area contributed by atoms with Crippen LogP contribution in [0.5, 0.6) is 11.5 Å². The average Bonchev–Trinajstić information content (AvgIpc) is 2.95. The third kappa shape index (κ3) is 5.71. The monoisotopic (exact) mass is 536 g/mol. The number of methoxy groups -OCH3 is 2. The fourth-order valence-corrected chi connectivity index (χ4v) is 4.63. The molecule has 0 radical (unpaired) electrons. The summed E-state index contributed by atoms with van der Waals surface area (Å²) in [5.41, 5.74) is -0.00552. The number of nitrogens with zero attached hydrogens (tertiary/aromatic N) is 4. The summed E-state index contributed by atoms with van der Waals surface area (Å²) in [6.45, 7) is 4.25. The lowest BCUT2D eigenvalue weighted by Gasteiger charge is -2.31. The number of ether oxygens (including phenoxy) is 3. The van der Waals surface area contributed by atoms with Crippen LogP contribution in [0, 0.1) is 12.8 Å². The topological polar surface area (TPSA) is 122 Å². The number of rotatable bonds is 8. The fourth-order valence-electron chi connectivity index (χ4n) is 4.63. The van der Waals surface area contributed by atoms with Gasteiger partial charge in [0.05, 0.1) is 39.0 Å². The van der Waals surface area contributed by atoms with E-state index in [1.807, 2.05) is 31.2 Å². The molecule has 4 rings (SSSR count). The first-order chi connectivity index (χ1) is 18.8. The maximum atomic E-state index is 13.7. The van der Waals surface area contributed by atoms with Gasteiger partial charge >= 0.3 is 11.7 Å². The number of benzene rings is 2. The van der Waals surface area contributed by atoms with Gasteiger partial charge in [0.1, 0.15) is 0 Å². The van der Waals surface area contributed by atoms with Gasteiger partial charge in [-0.3, -0.25) is 19.0 Å². The Hall–Kier alpha value is -4.41. The Morgan fingerprint density at radius 2 is 1.79 bits per heavy atom. The lowest BCUT2D eigenvalue weighted by Crippen LogP contribution is -2.49. The molecule has 1 atom stereocenters. The molecule has 206 valence electrons. The predicted octanol–water partition coefficient (Wildman–Crippen LogP) is 2.18. The second kappa shape index (κ2) is 12.0. The molecule has 1 aliphatic heterocycles.